The second kappa shape index (κ2) is 3.96. The zero-order chi connectivity index (χ0) is 11.7. The lowest BCUT2D eigenvalue weighted by Gasteiger charge is -2.21. The van der Waals surface area contributed by atoms with E-state index in [9.17, 15) is 9.59 Å². The van der Waals surface area contributed by atoms with Gasteiger partial charge in [0, 0.05) is 12.1 Å². The molecule has 84 valence electrons. The highest BCUT2D eigenvalue weighted by molar-refractivity contribution is 6.02. The number of benzene rings is 1. The minimum atomic E-state index is -0.938. The van der Waals surface area contributed by atoms with E-state index in [1.807, 2.05) is 19.1 Å². The van der Waals surface area contributed by atoms with Crippen molar-refractivity contribution >= 4 is 17.6 Å². The number of carboxylic acids is 1. The Morgan fingerprint density at radius 2 is 2.00 bits per heavy atom. The second-order valence-corrected chi connectivity index (χ2v) is 3.99. The predicted molar refractivity (Wildman–Crippen MR) is 59.3 cm³/mol. The first-order valence-electron chi connectivity index (χ1n) is 5.21. The van der Waals surface area contributed by atoms with E-state index in [4.69, 9.17) is 5.11 Å². The van der Waals surface area contributed by atoms with Crippen LogP contribution in [0.25, 0.3) is 0 Å². The molecule has 0 unspecified atom stereocenters. The summed E-state index contributed by atoms with van der Waals surface area (Å²) < 4.78 is 0. The van der Waals surface area contributed by atoms with Crippen molar-refractivity contribution in [3.8, 4) is 0 Å². The molecule has 1 fully saturated rings. The minimum absolute atomic E-state index is 0.115. The molecule has 1 aliphatic rings. The van der Waals surface area contributed by atoms with Crippen molar-refractivity contribution in [1.82, 2.24) is 0 Å². The van der Waals surface area contributed by atoms with E-state index in [1.54, 1.807) is 12.1 Å². The van der Waals surface area contributed by atoms with Gasteiger partial charge >= 0.3 is 5.97 Å². The summed E-state index contributed by atoms with van der Waals surface area (Å²) in [6.07, 6.45) is 0.701. The smallest absolute Gasteiger partial charge is 0.326 e. The molecule has 1 saturated heterocycles. The highest BCUT2D eigenvalue weighted by Crippen LogP contribution is 2.26. The Labute approximate surface area is 93.5 Å². The zero-order valence-corrected chi connectivity index (χ0v) is 9.01. The van der Waals surface area contributed by atoms with Gasteiger partial charge in [0.15, 0.2) is 0 Å². The van der Waals surface area contributed by atoms with E-state index in [0.29, 0.717) is 18.5 Å². The largest absolute Gasteiger partial charge is 0.480 e. The van der Waals surface area contributed by atoms with Crippen LogP contribution in [0, 0.1) is 6.92 Å². The van der Waals surface area contributed by atoms with Gasteiger partial charge < -0.3 is 5.11 Å². The van der Waals surface area contributed by atoms with Crippen molar-refractivity contribution in [1.29, 1.82) is 0 Å². The average molecular weight is 219 g/mol. The van der Waals surface area contributed by atoms with Gasteiger partial charge in [-0.25, -0.2) is 4.79 Å². The maximum atomic E-state index is 11.6. The summed E-state index contributed by atoms with van der Waals surface area (Å²) in [5.41, 5.74) is 1.75. The Bertz CT molecular complexity index is 424. The molecule has 4 heteroatoms. The molecule has 1 N–H and O–H groups in total. The van der Waals surface area contributed by atoms with Gasteiger partial charge in [-0.2, -0.15) is 0 Å². The van der Waals surface area contributed by atoms with Crippen LogP contribution in [-0.2, 0) is 9.59 Å². The lowest BCUT2D eigenvalue weighted by Crippen LogP contribution is -2.38. The summed E-state index contributed by atoms with van der Waals surface area (Å²) >= 11 is 0. The molecule has 1 atom stereocenters. The summed E-state index contributed by atoms with van der Waals surface area (Å²) in [6, 6.07) is 6.61. The van der Waals surface area contributed by atoms with Crippen LogP contribution < -0.4 is 4.90 Å². The van der Waals surface area contributed by atoms with Crippen LogP contribution in [0.15, 0.2) is 24.3 Å². The fourth-order valence-corrected chi connectivity index (χ4v) is 1.95. The molecule has 1 amide bonds. The number of anilines is 1. The number of hydrogen-bond acceptors (Lipinski definition) is 2. The third kappa shape index (κ3) is 1.78. The molecule has 1 aromatic rings. The lowest BCUT2D eigenvalue weighted by molar-refractivity contribution is -0.138. The standard InChI is InChI=1S/C12H13NO3/c1-8-2-4-9(5-3-8)13-10(12(15)16)6-7-11(13)14/h2-5,10H,6-7H2,1H3,(H,15,16)/t10-/m1/s1. The van der Waals surface area contributed by atoms with E-state index in [2.05, 4.69) is 0 Å². The first-order valence-corrected chi connectivity index (χ1v) is 5.21. The van der Waals surface area contributed by atoms with E-state index < -0.39 is 12.0 Å². The fourth-order valence-electron chi connectivity index (χ4n) is 1.95. The lowest BCUT2D eigenvalue weighted by atomic mass is 10.2. The Morgan fingerprint density at radius 3 is 2.56 bits per heavy atom. The Balaban J connectivity index is 2.33. The normalized spacial score (nSPS) is 20.2. The van der Waals surface area contributed by atoms with E-state index in [-0.39, 0.29) is 5.91 Å². The maximum Gasteiger partial charge on any atom is 0.326 e. The molecule has 1 aliphatic heterocycles. The summed E-state index contributed by atoms with van der Waals surface area (Å²) in [5.74, 6) is -1.05. The molecule has 1 aromatic carbocycles. The van der Waals surface area contributed by atoms with Gasteiger partial charge in [0.25, 0.3) is 0 Å². The number of carbonyl (C=O) groups is 2. The minimum Gasteiger partial charge on any atom is -0.480 e. The quantitative estimate of drug-likeness (QED) is 0.821. The van der Waals surface area contributed by atoms with Gasteiger partial charge in [-0.05, 0) is 25.5 Å². The number of nitrogens with zero attached hydrogens (tertiary/aromatic N) is 1. The van der Waals surface area contributed by atoms with E-state index >= 15 is 0 Å². The van der Waals surface area contributed by atoms with Crippen LogP contribution in [0.5, 0.6) is 0 Å². The summed E-state index contributed by atoms with van der Waals surface area (Å²) in [7, 11) is 0. The molecule has 0 bridgehead atoms. The monoisotopic (exact) mass is 219 g/mol. The molecule has 2 rings (SSSR count). The predicted octanol–water partition coefficient (Wildman–Crippen LogP) is 1.58. The Kier molecular flexibility index (Phi) is 2.64. The van der Waals surface area contributed by atoms with Crippen LogP contribution in [0.3, 0.4) is 0 Å². The van der Waals surface area contributed by atoms with Gasteiger partial charge in [0.2, 0.25) is 5.91 Å². The molecule has 16 heavy (non-hydrogen) atoms. The Hall–Kier alpha value is -1.84. The van der Waals surface area contributed by atoms with Crippen LogP contribution in [0.1, 0.15) is 18.4 Å². The van der Waals surface area contributed by atoms with Crippen molar-refractivity contribution in [2.75, 3.05) is 4.90 Å². The fraction of sp³-hybridized carbons (Fsp3) is 0.333. The van der Waals surface area contributed by atoms with E-state index in [0.717, 1.165) is 5.56 Å². The number of aryl methyl sites for hydroxylation is 1. The molecule has 0 aromatic heterocycles. The second-order valence-electron chi connectivity index (χ2n) is 3.99. The molecular weight excluding hydrogens is 206 g/mol. The molecular formula is C12H13NO3. The number of amides is 1. The van der Waals surface area contributed by atoms with Crippen LogP contribution in [0.4, 0.5) is 5.69 Å². The molecule has 0 aliphatic carbocycles. The zero-order valence-electron chi connectivity index (χ0n) is 9.01. The SMILES string of the molecule is Cc1ccc(N2C(=O)CC[C@@H]2C(=O)O)cc1. The van der Waals surface area contributed by atoms with Gasteiger partial charge in [-0.3, -0.25) is 9.69 Å². The number of carbonyl (C=O) groups excluding carboxylic acids is 1. The first kappa shape index (κ1) is 10.7. The number of aliphatic carboxylic acids is 1. The summed E-state index contributed by atoms with van der Waals surface area (Å²) in [6.45, 7) is 1.95. The first-order chi connectivity index (χ1) is 7.59. The van der Waals surface area contributed by atoms with Crippen molar-refractivity contribution < 1.29 is 14.7 Å². The van der Waals surface area contributed by atoms with Crippen LogP contribution >= 0.6 is 0 Å². The number of rotatable bonds is 2. The maximum absolute atomic E-state index is 11.6. The molecule has 0 saturated carbocycles. The van der Waals surface area contributed by atoms with E-state index in [1.165, 1.54) is 4.90 Å². The molecule has 0 spiro atoms. The van der Waals surface area contributed by atoms with Crippen molar-refractivity contribution in [3.63, 3.8) is 0 Å². The topological polar surface area (TPSA) is 57.6 Å². The highest BCUT2D eigenvalue weighted by Gasteiger charge is 2.36. The third-order valence-corrected chi connectivity index (χ3v) is 2.81. The van der Waals surface area contributed by atoms with Gasteiger partial charge in [-0.15, -0.1) is 0 Å². The van der Waals surface area contributed by atoms with Crippen molar-refractivity contribution in [2.24, 2.45) is 0 Å². The summed E-state index contributed by atoms with van der Waals surface area (Å²) in [5, 5.41) is 9.02. The van der Waals surface area contributed by atoms with Crippen LogP contribution in [-0.4, -0.2) is 23.0 Å². The molecule has 4 nitrogen and oxygen atoms in total. The average Bonchev–Trinajstić information content (AvgIpc) is 2.62. The van der Waals surface area contributed by atoms with Gasteiger partial charge in [-0.1, -0.05) is 17.7 Å². The van der Waals surface area contributed by atoms with Crippen LogP contribution in [0.2, 0.25) is 0 Å². The third-order valence-electron chi connectivity index (χ3n) is 2.81. The summed E-state index contributed by atoms with van der Waals surface area (Å²) in [4.78, 5) is 24.0. The number of hydrogen-bond donors (Lipinski definition) is 1. The van der Waals surface area contributed by atoms with Gasteiger partial charge in [0.05, 0.1) is 0 Å². The molecule has 0 radical (unpaired) electrons. The van der Waals surface area contributed by atoms with Crippen molar-refractivity contribution in [2.45, 2.75) is 25.8 Å². The Morgan fingerprint density at radius 1 is 1.38 bits per heavy atom. The van der Waals surface area contributed by atoms with Crippen molar-refractivity contribution in [3.05, 3.63) is 29.8 Å². The highest BCUT2D eigenvalue weighted by atomic mass is 16.4. The number of carboxylic acid groups (broad SMARTS) is 1. The molecule has 1 heterocycles. The van der Waals surface area contributed by atoms with Gasteiger partial charge in [0.1, 0.15) is 6.04 Å².